The molecule has 12 heteroatoms. The number of carbonyl (C=O) groups is 2. The summed E-state index contributed by atoms with van der Waals surface area (Å²) in [5, 5.41) is 9.80. The normalized spacial score (nSPS) is 28.7. The smallest absolute Gasteiger partial charge is 0.412 e. The van der Waals surface area contributed by atoms with Gasteiger partial charge >= 0.3 is 13.0 Å². The third-order valence-corrected chi connectivity index (χ3v) is 7.94. The van der Waals surface area contributed by atoms with Crippen molar-refractivity contribution in [2.24, 2.45) is 0 Å². The van der Waals surface area contributed by atoms with E-state index in [0.717, 1.165) is 15.0 Å². The maximum atomic E-state index is 15.7. The van der Waals surface area contributed by atoms with E-state index in [2.05, 4.69) is 0 Å². The summed E-state index contributed by atoms with van der Waals surface area (Å²) in [7, 11) is 0. The van der Waals surface area contributed by atoms with Crippen LogP contribution in [0.3, 0.4) is 0 Å². The number of aliphatic hydroxyl groups is 1. The van der Waals surface area contributed by atoms with Crippen molar-refractivity contribution < 1.29 is 41.0 Å². The topological polar surface area (TPSA) is 63.9 Å². The van der Waals surface area contributed by atoms with Crippen molar-refractivity contribution in [1.29, 1.82) is 0 Å². The van der Waals surface area contributed by atoms with Gasteiger partial charge in [0.05, 0.1) is 0 Å². The van der Waals surface area contributed by atoms with Gasteiger partial charge in [0, 0.05) is 62.1 Å². The lowest BCUT2D eigenvalue weighted by Crippen LogP contribution is -2.65. The number of alkyl halides is 3. The summed E-state index contributed by atoms with van der Waals surface area (Å²) in [4.78, 5) is 27.9. The van der Waals surface area contributed by atoms with Crippen molar-refractivity contribution in [2.45, 2.75) is 77.1 Å². The molecular weight excluding hydrogens is 496 g/mol. The summed E-state index contributed by atoms with van der Waals surface area (Å²) in [6, 6.07) is -1.38. The van der Waals surface area contributed by atoms with E-state index < -0.39 is 42.4 Å². The molecule has 4 unspecified atom stereocenters. The lowest BCUT2D eigenvalue weighted by molar-refractivity contribution is -0.362. The van der Waals surface area contributed by atoms with Crippen LogP contribution in [0.5, 0.6) is 0 Å². The Morgan fingerprint density at radius 2 is 1.68 bits per heavy atom. The number of hydrogen-bond donors (Lipinski definition) is 1. The molecule has 0 aromatic rings. The minimum Gasteiger partial charge on any atom is -0.412 e. The van der Waals surface area contributed by atoms with Crippen molar-refractivity contribution in [2.75, 3.05) is 13.1 Å². The molecule has 0 saturated carbocycles. The van der Waals surface area contributed by atoms with Crippen LogP contribution in [0.1, 0.15) is 47.5 Å². The zero-order chi connectivity index (χ0) is 27.7. The van der Waals surface area contributed by atoms with Gasteiger partial charge in [-0.2, -0.15) is 13.2 Å². The minimum atomic E-state index is -5.14. The highest BCUT2D eigenvalue weighted by Crippen LogP contribution is 2.50. The number of carbonyl (C=O) groups excluding carboxylic acids is 2. The second-order valence-electron chi connectivity index (χ2n) is 10.7. The summed E-state index contributed by atoms with van der Waals surface area (Å²) in [6.45, 7) is 2.84. The van der Waals surface area contributed by atoms with Gasteiger partial charge < -0.3 is 28.0 Å². The summed E-state index contributed by atoms with van der Waals surface area (Å²) in [6.07, 6.45) is 1.64. The molecule has 3 aliphatic heterocycles. The molecule has 0 aromatic carbocycles. The van der Waals surface area contributed by atoms with Crippen molar-refractivity contribution in [1.82, 2.24) is 9.80 Å². The first kappa shape index (κ1) is 27.3. The molecule has 4 aliphatic rings. The zero-order valence-electron chi connectivity index (χ0n) is 21.4. The van der Waals surface area contributed by atoms with Crippen molar-refractivity contribution >= 4 is 24.4 Å². The Kier molecular flexibility index (Phi) is 6.58. The molecule has 3 heterocycles. The summed E-state index contributed by atoms with van der Waals surface area (Å²) in [5.74, 6) is -2.80. The molecule has 1 aliphatic carbocycles. The minimum absolute atomic E-state index is 0.0285. The Hall–Kier alpha value is -2.76. The number of rotatable bonds is 4. The molecule has 0 radical (unpaired) electrons. The maximum Gasteiger partial charge on any atom is 0.625 e. The van der Waals surface area contributed by atoms with Crippen LogP contribution < -0.4 is 0 Å². The van der Waals surface area contributed by atoms with Gasteiger partial charge in [0.2, 0.25) is 11.5 Å². The molecular formula is C25H31BF5N3O3. The van der Waals surface area contributed by atoms with Crippen LogP contribution in [0.25, 0.3) is 0 Å². The van der Waals surface area contributed by atoms with Gasteiger partial charge in [-0.15, -0.1) is 0 Å². The first-order chi connectivity index (χ1) is 17.0. The van der Waals surface area contributed by atoms with Crippen LogP contribution >= 0.6 is 0 Å². The third-order valence-electron chi connectivity index (χ3n) is 7.94. The molecule has 4 atom stereocenters. The number of piperazine rings is 1. The number of hydrogen-bond acceptors (Lipinski definition) is 3. The van der Waals surface area contributed by atoms with Crippen LogP contribution in [-0.2, 0) is 9.59 Å². The van der Waals surface area contributed by atoms with Crippen LogP contribution in [0.4, 0.5) is 21.8 Å². The Balaban J connectivity index is 1.47. The molecule has 6 nitrogen and oxygen atoms in total. The molecule has 2 amide bonds. The highest BCUT2D eigenvalue weighted by molar-refractivity contribution is 6.63. The highest BCUT2D eigenvalue weighted by Gasteiger charge is 2.59. The predicted molar refractivity (Wildman–Crippen MR) is 129 cm³/mol. The predicted octanol–water partition coefficient (Wildman–Crippen LogP) is 3.97. The van der Waals surface area contributed by atoms with E-state index in [-0.39, 0.29) is 31.8 Å². The zero-order valence-corrected chi connectivity index (χ0v) is 21.4. The lowest BCUT2D eigenvalue weighted by Gasteiger charge is -2.46. The number of amides is 2. The lowest BCUT2D eigenvalue weighted by atomic mass is 9.56. The van der Waals surface area contributed by atoms with Crippen LogP contribution in [-0.4, -0.2) is 80.7 Å². The molecule has 1 N–H and O–H groups in total. The van der Waals surface area contributed by atoms with E-state index in [4.69, 9.17) is 0 Å². The standard InChI is InChI=1S/C25H31BF5N3O3/c1-14-10-15(2)22-20(14)11-19-7-6-18(34(19)26(22,30)31)8-9-21(35)32-12-17(4)33(13-16(32)3)23(36)24(5,37)25(27,28)29/h6-7,10-11,16-17,22,37H,8-9,12-13H2,1-5H3. The Morgan fingerprint density at radius 3 is 2.30 bits per heavy atom. The fourth-order valence-electron chi connectivity index (χ4n) is 5.84. The first-order valence-electron chi connectivity index (χ1n) is 12.3. The van der Waals surface area contributed by atoms with Crippen LogP contribution in [0, 0.1) is 0 Å². The Bertz CT molecular complexity index is 1200. The second-order valence-corrected chi connectivity index (χ2v) is 10.7. The van der Waals surface area contributed by atoms with Crippen molar-refractivity contribution in [3.05, 3.63) is 46.7 Å². The maximum absolute atomic E-state index is 15.7. The average molecular weight is 527 g/mol. The van der Waals surface area contributed by atoms with Gasteiger partial charge in [-0.3, -0.25) is 9.59 Å². The molecule has 4 rings (SSSR count). The highest BCUT2D eigenvalue weighted by atomic mass is 19.4. The molecule has 202 valence electrons. The van der Waals surface area contributed by atoms with E-state index in [9.17, 15) is 27.9 Å². The second kappa shape index (κ2) is 8.92. The molecule has 1 saturated heterocycles. The quantitative estimate of drug-likeness (QED) is 0.445. The first-order valence-corrected chi connectivity index (χ1v) is 12.3. The summed E-state index contributed by atoms with van der Waals surface area (Å²) in [5.41, 5.74) is -0.745. The van der Waals surface area contributed by atoms with Crippen molar-refractivity contribution in [3.8, 4) is 0 Å². The van der Waals surface area contributed by atoms with Crippen LogP contribution in [0.2, 0.25) is 5.82 Å². The molecule has 0 bridgehead atoms. The van der Waals surface area contributed by atoms with E-state index in [1.165, 1.54) is 11.8 Å². The molecule has 0 aromatic heterocycles. The van der Waals surface area contributed by atoms with E-state index in [1.54, 1.807) is 38.2 Å². The van der Waals surface area contributed by atoms with Gasteiger partial charge in [0.15, 0.2) is 5.70 Å². The van der Waals surface area contributed by atoms with Gasteiger partial charge in [-0.05, 0) is 40.2 Å². The summed E-state index contributed by atoms with van der Waals surface area (Å²) >= 11 is 0. The largest absolute Gasteiger partial charge is 0.625 e. The van der Waals surface area contributed by atoms with Gasteiger partial charge in [0.1, 0.15) is 5.71 Å². The van der Waals surface area contributed by atoms with E-state index in [1.807, 2.05) is 6.92 Å². The number of halogens is 5. The Labute approximate surface area is 212 Å². The molecule has 37 heavy (non-hydrogen) atoms. The van der Waals surface area contributed by atoms with Gasteiger partial charge in [0.25, 0.3) is 5.91 Å². The third kappa shape index (κ3) is 4.36. The van der Waals surface area contributed by atoms with Crippen LogP contribution in [0.15, 0.2) is 46.7 Å². The van der Waals surface area contributed by atoms with E-state index in [0.29, 0.717) is 29.5 Å². The SMILES string of the molecule is CC1=CC(C)=C2C=C3C=CC(CCC(=O)N4CC(C)N(C(=O)C(C)(O)C(F)(F)F)CC4C)=[N+]3[B-](F)(F)C12. The monoisotopic (exact) mass is 527 g/mol. The average Bonchev–Trinajstić information content (AvgIpc) is 3.33. The fourth-order valence-corrected chi connectivity index (χ4v) is 5.84. The molecule has 0 spiro atoms. The number of fused-ring (bicyclic) bond motifs is 2. The number of allylic oxidation sites excluding steroid dienone is 7. The van der Waals surface area contributed by atoms with Gasteiger partial charge in [-0.25, -0.2) is 0 Å². The number of nitrogens with zero attached hydrogens (tertiary/aromatic N) is 3. The van der Waals surface area contributed by atoms with E-state index >= 15 is 8.63 Å². The fraction of sp³-hybridized carbons (Fsp3) is 0.560. The van der Waals surface area contributed by atoms with Gasteiger partial charge in [-0.1, -0.05) is 17.2 Å². The van der Waals surface area contributed by atoms with Crippen molar-refractivity contribution in [3.63, 3.8) is 0 Å². The molecule has 1 fully saturated rings. The Morgan fingerprint density at radius 1 is 1.08 bits per heavy atom. The summed E-state index contributed by atoms with van der Waals surface area (Å²) < 4.78 is 71.9.